The van der Waals surface area contributed by atoms with Crippen molar-refractivity contribution in [2.24, 2.45) is 5.10 Å². The molecule has 2 aromatic carbocycles. The van der Waals surface area contributed by atoms with Gasteiger partial charge in [0.15, 0.2) is 11.9 Å². The highest BCUT2D eigenvalue weighted by Crippen LogP contribution is 2.35. The number of benzene rings is 2. The highest BCUT2D eigenvalue weighted by Gasteiger charge is 2.23. The first-order valence-corrected chi connectivity index (χ1v) is 12.5. The Labute approximate surface area is 213 Å². The van der Waals surface area contributed by atoms with Crippen molar-refractivity contribution in [2.75, 3.05) is 6.61 Å². The van der Waals surface area contributed by atoms with E-state index < -0.39 is 12.1 Å². The van der Waals surface area contributed by atoms with Crippen molar-refractivity contribution < 1.29 is 14.3 Å². The molecule has 35 heavy (non-hydrogen) atoms. The molecule has 9 heteroatoms. The van der Waals surface area contributed by atoms with E-state index in [1.807, 2.05) is 18.2 Å². The Morgan fingerprint density at radius 3 is 2.57 bits per heavy atom. The summed E-state index contributed by atoms with van der Waals surface area (Å²) in [6.45, 7) is 3.52. The van der Waals surface area contributed by atoms with E-state index in [1.165, 1.54) is 17.3 Å². The summed E-state index contributed by atoms with van der Waals surface area (Å²) in [7, 11) is 0. The van der Waals surface area contributed by atoms with E-state index in [-0.39, 0.29) is 33.9 Å². The molecule has 1 saturated carbocycles. The molecule has 0 radical (unpaired) electrons. The van der Waals surface area contributed by atoms with Gasteiger partial charge in [-0.2, -0.15) is 9.78 Å². The second-order valence-electron chi connectivity index (χ2n) is 8.51. The molecule has 184 valence electrons. The molecule has 0 spiro atoms. The van der Waals surface area contributed by atoms with E-state index in [0.717, 1.165) is 25.7 Å². The Morgan fingerprint density at radius 1 is 1.20 bits per heavy atom. The highest BCUT2D eigenvalue weighted by atomic mass is 35.5. The second-order valence-corrected chi connectivity index (χ2v) is 9.32. The van der Waals surface area contributed by atoms with Crippen LogP contribution >= 0.6 is 23.2 Å². The number of nitrogens with zero attached hydrogens (tertiary/aromatic N) is 3. The van der Waals surface area contributed by atoms with Crippen molar-refractivity contribution in [3.8, 4) is 5.75 Å². The standard InChI is InChI=1S/C26H27Cl2N3O4/c1-3-34-26(33)16(2)35-23-20(27)13-17(14-21(23)28)15-29-31-24(18-9-5-4-6-10-18)30-22-12-8-7-11-19(22)25(31)32/h7-8,11-16,18H,3-6,9-10H2,1-2H3/t16-/m1/s1. The van der Waals surface area contributed by atoms with Gasteiger partial charge in [-0.1, -0.05) is 54.6 Å². The first-order chi connectivity index (χ1) is 16.9. The summed E-state index contributed by atoms with van der Waals surface area (Å²) in [5.74, 6) is 0.512. The summed E-state index contributed by atoms with van der Waals surface area (Å²) in [4.78, 5) is 30.0. The normalized spacial score (nSPS) is 15.4. The van der Waals surface area contributed by atoms with Crippen molar-refractivity contribution in [3.63, 3.8) is 0 Å². The monoisotopic (exact) mass is 515 g/mol. The number of fused-ring (bicyclic) bond motifs is 1. The number of halogens is 2. The van der Waals surface area contributed by atoms with E-state index in [9.17, 15) is 9.59 Å². The van der Waals surface area contributed by atoms with E-state index in [0.29, 0.717) is 22.3 Å². The lowest BCUT2D eigenvalue weighted by Crippen LogP contribution is -2.26. The van der Waals surface area contributed by atoms with Crippen LogP contribution in [0.2, 0.25) is 10.0 Å². The number of para-hydroxylation sites is 1. The number of ether oxygens (including phenoxy) is 2. The maximum absolute atomic E-state index is 13.3. The van der Waals surface area contributed by atoms with Crippen LogP contribution in [0.15, 0.2) is 46.3 Å². The van der Waals surface area contributed by atoms with Gasteiger partial charge in [0.25, 0.3) is 5.56 Å². The molecule has 0 bridgehead atoms. The molecule has 7 nitrogen and oxygen atoms in total. The average molecular weight is 516 g/mol. The third kappa shape index (κ3) is 5.68. The molecule has 0 saturated heterocycles. The number of carbonyl (C=O) groups excluding carboxylic acids is 1. The van der Waals surface area contributed by atoms with Gasteiger partial charge in [0, 0.05) is 5.92 Å². The number of hydrogen-bond donors (Lipinski definition) is 0. The van der Waals surface area contributed by atoms with Crippen LogP contribution in [0.25, 0.3) is 10.9 Å². The van der Waals surface area contributed by atoms with Crippen LogP contribution in [0, 0.1) is 0 Å². The number of rotatable bonds is 7. The molecule has 1 heterocycles. The molecule has 0 N–H and O–H groups in total. The molecule has 1 aromatic heterocycles. The fourth-order valence-electron chi connectivity index (χ4n) is 4.25. The summed E-state index contributed by atoms with van der Waals surface area (Å²) in [6.07, 6.45) is 6.01. The Balaban J connectivity index is 1.68. The van der Waals surface area contributed by atoms with Crippen molar-refractivity contribution >= 4 is 46.3 Å². The lowest BCUT2D eigenvalue weighted by Gasteiger charge is -2.22. The molecule has 1 aliphatic carbocycles. The fourth-order valence-corrected chi connectivity index (χ4v) is 4.85. The zero-order chi connectivity index (χ0) is 24.9. The van der Waals surface area contributed by atoms with Crippen molar-refractivity contribution in [3.05, 3.63) is 68.2 Å². The summed E-state index contributed by atoms with van der Waals surface area (Å²) in [5.41, 5.74) is 1.03. The molecule has 3 aromatic rings. The quantitative estimate of drug-likeness (QED) is 0.286. The van der Waals surface area contributed by atoms with Crippen LogP contribution in [0.1, 0.15) is 63.3 Å². The maximum Gasteiger partial charge on any atom is 0.347 e. The van der Waals surface area contributed by atoms with Gasteiger partial charge in [-0.05, 0) is 56.5 Å². The Hall–Kier alpha value is -2.90. The first-order valence-electron chi connectivity index (χ1n) is 11.8. The largest absolute Gasteiger partial charge is 0.476 e. The molecule has 0 amide bonds. The van der Waals surface area contributed by atoms with Crippen molar-refractivity contribution in [1.82, 2.24) is 9.66 Å². The zero-order valence-corrected chi connectivity index (χ0v) is 21.2. The van der Waals surface area contributed by atoms with Gasteiger partial charge >= 0.3 is 5.97 Å². The molecular formula is C26H27Cl2N3O4. The average Bonchev–Trinajstić information content (AvgIpc) is 2.86. The van der Waals surface area contributed by atoms with Gasteiger partial charge in [0.05, 0.1) is 33.8 Å². The minimum Gasteiger partial charge on any atom is -0.476 e. The minimum atomic E-state index is -0.871. The van der Waals surface area contributed by atoms with Gasteiger partial charge in [0.1, 0.15) is 5.82 Å². The molecular weight excluding hydrogens is 489 g/mol. The van der Waals surface area contributed by atoms with Gasteiger partial charge in [0.2, 0.25) is 0 Å². The van der Waals surface area contributed by atoms with E-state index in [4.69, 9.17) is 37.7 Å². The molecule has 0 unspecified atom stereocenters. The molecule has 0 aliphatic heterocycles. The topological polar surface area (TPSA) is 82.8 Å². The number of esters is 1. The zero-order valence-electron chi connectivity index (χ0n) is 19.7. The Morgan fingerprint density at radius 2 is 1.89 bits per heavy atom. The van der Waals surface area contributed by atoms with Gasteiger partial charge in [-0.25, -0.2) is 9.78 Å². The third-order valence-electron chi connectivity index (χ3n) is 6.01. The van der Waals surface area contributed by atoms with Crippen molar-refractivity contribution in [2.45, 2.75) is 58.0 Å². The molecule has 1 fully saturated rings. The summed E-state index contributed by atoms with van der Waals surface area (Å²) in [6, 6.07) is 10.5. The Bertz CT molecular complexity index is 1290. The highest BCUT2D eigenvalue weighted by molar-refractivity contribution is 6.37. The Kier molecular flexibility index (Phi) is 8.08. The summed E-state index contributed by atoms with van der Waals surface area (Å²) >= 11 is 12.8. The summed E-state index contributed by atoms with van der Waals surface area (Å²) < 4.78 is 12.0. The lowest BCUT2D eigenvalue weighted by molar-refractivity contribution is -0.150. The van der Waals surface area contributed by atoms with Crippen LogP contribution in [-0.4, -0.2) is 34.6 Å². The number of carbonyl (C=O) groups is 1. The van der Waals surface area contributed by atoms with E-state index in [1.54, 1.807) is 32.0 Å². The van der Waals surface area contributed by atoms with Gasteiger partial charge in [-0.15, -0.1) is 0 Å². The van der Waals surface area contributed by atoms with Crippen molar-refractivity contribution in [1.29, 1.82) is 0 Å². The van der Waals surface area contributed by atoms with Gasteiger partial charge < -0.3 is 9.47 Å². The van der Waals surface area contributed by atoms with Crippen LogP contribution in [-0.2, 0) is 9.53 Å². The van der Waals surface area contributed by atoms with Crippen LogP contribution in [0.5, 0.6) is 5.75 Å². The lowest BCUT2D eigenvalue weighted by atomic mass is 9.88. The predicted molar refractivity (Wildman–Crippen MR) is 138 cm³/mol. The molecule has 1 atom stereocenters. The van der Waals surface area contributed by atoms with E-state index in [2.05, 4.69) is 5.10 Å². The first kappa shape index (κ1) is 25.2. The van der Waals surface area contributed by atoms with E-state index >= 15 is 0 Å². The summed E-state index contributed by atoms with van der Waals surface area (Å²) in [5, 5.41) is 5.45. The van der Waals surface area contributed by atoms with Crippen LogP contribution in [0.4, 0.5) is 0 Å². The molecule has 1 aliphatic rings. The predicted octanol–water partition coefficient (Wildman–Crippen LogP) is 5.96. The van der Waals surface area contributed by atoms with Gasteiger partial charge in [-0.3, -0.25) is 4.79 Å². The SMILES string of the molecule is CCOC(=O)[C@@H](C)Oc1c(Cl)cc(C=Nn2c(C3CCCCC3)nc3ccccc3c2=O)cc1Cl. The van der Waals surface area contributed by atoms with Crippen LogP contribution < -0.4 is 10.3 Å². The number of aromatic nitrogens is 2. The number of hydrogen-bond acceptors (Lipinski definition) is 6. The third-order valence-corrected chi connectivity index (χ3v) is 6.57. The maximum atomic E-state index is 13.3. The smallest absolute Gasteiger partial charge is 0.347 e. The fraction of sp³-hybridized carbons (Fsp3) is 0.385. The molecule has 4 rings (SSSR count). The second kappa shape index (κ2) is 11.2. The van der Waals surface area contributed by atoms with Crippen LogP contribution in [0.3, 0.4) is 0 Å². The minimum absolute atomic E-state index is 0.172.